The number of ether oxygens (including phenoxy) is 2. The lowest BCUT2D eigenvalue weighted by molar-refractivity contribution is 0.171. The highest BCUT2D eigenvalue weighted by Gasteiger charge is 2.22. The molecular weight excluding hydrogens is 214 g/mol. The second kappa shape index (κ2) is 4.57. The maximum Gasteiger partial charge on any atom is 0.161 e. The Kier molecular flexibility index (Phi) is 2.93. The topological polar surface area (TPSA) is 30.5 Å². The van der Waals surface area contributed by atoms with Crippen LogP contribution in [0.15, 0.2) is 12.1 Å². The third-order valence-electron chi connectivity index (χ3n) is 3.69. The predicted octanol–water partition coefficient (Wildman–Crippen LogP) is 2.10. The van der Waals surface area contributed by atoms with Gasteiger partial charge < -0.3 is 14.8 Å². The van der Waals surface area contributed by atoms with Gasteiger partial charge in [-0.25, -0.2) is 0 Å². The van der Waals surface area contributed by atoms with Gasteiger partial charge in [-0.05, 0) is 48.6 Å². The molecule has 0 saturated carbocycles. The second-order valence-electron chi connectivity index (χ2n) is 4.74. The number of fused-ring (bicyclic) bond motifs is 1. The highest BCUT2D eigenvalue weighted by molar-refractivity contribution is 5.49. The number of benzene rings is 1. The van der Waals surface area contributed by atoms with Crippen LogP contribution in [0.25, 0.3) is 0 Å². The third-order valence-corrected chi connectivity index (χ3v) is 3.69. The first kappa shape index (κ1) is 10.9. The molecule has 3 nitrogen and oxygen atoms in total. The van der Waals surface area contributed by atoms with Crippen molar-refractivity contribution in [2.24, 2.45) is 0 Å². The Morgan fingerprint density at radius 1 is 1.24 bits per heavy atom. The van der Waals surface area contributed by atoms with Crippen molar-refractivity contribution in [3.05, 3.63) is 23.3 Å². The van der Waals surface area contributed by atoms with Gasteiger partial charge in [0.25, 0.3) is 0 Å². The summed E-state index contributed by atoms with van der Waals surface area (Å²) < 4.78 is 11.3. The molecule has 2 aliphatic heterocycles. The normalized spacial score (nSPS) is 22.8. The van der Waals surface area contributed by atoms with Crippen LogP contribution in [0.3, 0.4) is 0 Å². The molecule has 0 amide bonds. The summed E-state index contributed by atoms with van der Waals surface area (Å²) in [4.78, 5) is 0. The number of rotatable bonds is 2. The largest absolute Gasteiger partial charge is 0.486 e. The number of nitrogens with one attached hydrogen (secondary N) is 1. The molecule has 1 N–H and O–H groups in total. The minimum atomic E-state index is 0.640. The van der Waals surface area contributed by atoms with Crippen molar-refractivity contribution in [2.75, 3.05) is 26.3 Å². The van der Waals surface area contributed by atoms with Crippen LogP contribution >= 0.6 is 0 Å². The molecule has 1 unspecified atom stereocenters. The monoisotopic (exact) mass is 233 g/mol. The van der Waals surface area contributed by atoms with E-state index < -0.39 is 0 Å². The van der Waals surface area contributed by atoms with Gasteiger partial charge in [-0.1, -0.05) is 6.92 Å². The van der Waals surface area contributed by atoms with Crippen molar-refractivity contribution in [3.8, 4) is 11.5 Å². The van der Waals surface area contributed by atoms with E-state index in [1.807, 2.05) is 0 Å². The Hall–Kier alpha value is -1.22. The molecule has 1 aromatic carbocycles. The lowest BCUT2D eigenvalue weighted by atomic mass is 9.91. The van der Waals surface area contributed by atoms with E-state index in [1.54, 1.807) is 0 Å². The van der Waals surface area contributed by atoms with Gasteiger partial charge in [0, 0.05) is 6.54 Å². The molecule has 0 aromatic heterocycles. The summed E-state index contributed by atoms with van der Waals surface area (Å²) in [5.74, 6) is 2.49. The van der Waals surface area contributed by atoms with E-state index in [4.69, 9.17) is 9.47 Å². The lowest BCUT2D eigenvalue weighted by Crippen LogP contribution is -2.17. The van der Waals surface area contributed by atoms with E-state index in [2.05, 4.69) is 24.4 Å². The Balaban J connectivity index is 2.00. The first-order chi connectivity index (χ1) is 8.38. The fourth-order valence-electron chi connectivity index (χ4n) is 2.75. The zero-order chi connectivity index (χ0) is 11.7. The zero-order valence-corrected chi connectivity index (χ0v) is 10.3. The van der Waals surface area contributed by atoms with Gasteiger partial charge in [0.15, 0.2) is 11.5 Å². The molecule has 3 rings (SSSR count). The number of hydrogen-bond donors (Lipinski definition) is 1. The van der Waals surface area contributed by atoms with Gasteiger partial charge in [0.05, 0.1) is 0 Å². The fourth-order valence-corrected chi connectivity index (χ4v) is 2.75. The van der Waals surface area contributed by atoms with Crippen molar-refractivity contribution < 1.29 is 9.47 Å². The standard InChI is InChI=1S/C14H19NO2/c1-2-10-7-13-14(17-6-5-16-13)8-12(10)11-3-4-15-9-11/h7-8,11,15H,2-6,9H2,1H3. The van der Waals surface area contributed by atoms with Crippen LogP contribution in [0.4, 0.5) is 0 Å². The lowest BCUT2D eigenvalue weighted by Gasteiger charge is -2.22. The Labute approximate surface area is 102 Å². The molecule has 0 spiro atoms. The van der Waals surface area contributed by atoms with E-state index in [0.717, 1.165) is 31.0 Å². The van der Waals surface area contributed by atoms with Crippen molar-refractivity contribution in [1.82, 2.24) is 5.32 Å². The van der Waals surface area contributed by atoms with Gasteiger partial charge in [0.2, 0.25) is 0 Å². The summed E-state index contributed by atoms with van der Waals surface area (Å²) in [5.41, 5.74) is 2.85. The van der Waals surface area contributed by atoms with E-state index >= 15 is 0 Å². The van der Waals surface area contributed by atoms with E-state index in [0.29, 0.717) is 19.1 Å². The Morgan fingerprint density at radius 3 is 2.65 bits per heavy atom. The highest BCUT2D eigenvalue weighted by atomic mass is 16.6. The maximum absolute atomic E-state index is 5.68. The van der Waals surface area contributed by atoms with Crippen LogP contribution in [0, 0.1) is 0 Å². The first-order valence-electron chi connectivity index (χ1n) is 6.51. The summed E-state index contributed by atoms with van der Waals surface area (Å²) in [6.07, 6.45) is 2.29. The Bertz CT molecular complexity index is 411. The zero-order valence-electron chi connectivity index (χ0n) is 10.3. The minimum Gasteiger partial charge on any atom is -0.486 e. The average molecular weight is 233 g/mol. The summed E-state index contributed by atoms with van der Waals surface area (Å²) in [6, 6.07) is 4.37. The quantitative estimate of drug-likeness (QED) is 0.848. The molecule has 2 heterocycles. The van der Waals surface area contributed by atoms with E-state index in [1.165, 1.54) is 17.5 Å². The van der Waals surface area contributed by atoms with Crippen LogP contribution in [-0.4, -0.2) is 26.3 Å². The summed E-state index contributed by atoms with van der Waals surface area (Å²) in [7, 11) is 0. The molecule has 1 fully saturated rings. The minimum absolute atomic E-state index is 0.640. The van der Waals surface area contributed by atoms with Crippen LogP contribution in [0.5, 0.6) is 11.5 Å². The summed E-state index contributed by atoms with van der Waals surface area (Å²) in [6.45, 7) is 5.76. The van der Waals surface area contributed by atoms with Gasteiger partial charge in [-0.3, -0.25) is 0 Å². The molecule has 92 valence electrons. The van der Waals surface area contributed by atoms with Gasteiger partial charge in [-0.2, -0.15) is 0 Å². The molecule has 0 aliphatic carbocycles. The van der Waals surface area contributed by atoms with Crippen molar-refractivity contribution in [1.29, 1.82) is 0 Å². The molecule has 17 heavy (non-hydrogen) atoms. The smallest absolute Gasteiger partial charge is 0.161 e. The van der Waals surface area contributed by atoms with Crippen molar-refractivity contribution >= 4 is 0 Å². The van der Waals surface area contributed by atoms with Crippen molar-refractivity contribution in [3.63, 3.8) is 0 Å². The van der Waals surface area contributed by atoms with Crippen LogP contribution in [0.1, 0.15) is 30.4 Å². The van der Waals surface area contributed by atoms with Crippen LogP contribution in [-0.2, 0) is 6.42 Å². The average Bonchev–Trinajstić information content (AvgIpc) is 2.91. The molecule has 3 heteroatoms. The molecule has 1 saturated heterocycles. The summed E-state index contributed by atoms with van der Waals surface area (Å²) in [5, 5.41) is 3.43. The van der Waals surface area contributed by atoms with E-state index in [9.17, 15) is 0 Å². The maximum atomic E-state index is 5.68. The van der Waals surface area contributed by atoms with Crippen molar-refractivity contribution in [2.45, 2.75) is 25.7 Å². The van der Waals surface area contributed by atoms with Gasteiger partial charge >= 0.3 is 0 Å². The highest BCUT2D eigenvalue weighted by Crippen LogP contribution is 2.37. The molecule has 0 radical (unpaired) electrons. The molecule has 1 aromatic rings. The SMILES string of the molecule is CCc1cc2c(cc1C1CCNC1)OCCO2. The molecule has 2 aliphatic rings. The third kappa shape index (κ3) is 2.00. The molecule has 1 atom stereocenters. The number of hydrogen-bond acceptors (Lipinski definition) is 3. The predicted molar refractivity (Wildman–Crippen MR) is 67.0 cm³/mol. The first-order valence-corrected chi connectivity index (χ1v) is 6.51. The van der Waals surface area contributed by atoms with Gasteiger partial charge in [0.1, 0.15) is 13.2 Å². The van der Waals surface area contributed by atoms with Crippen LogP contribution < -0.4 is 14.8 Å². The Morgan fingerprint density at radius 2 is 2.00 bits per heavy atom. The van der Waals surface area contributed by atoms with E-state index in [-0.39, 0.29) is 0 Å². The summed E-state index contributed by atoms with van der Waals surface area (Å²) >= 11 is 0. The fraction of sp³-hybridized carbons (Fsp3) is 0.571. The molecule has 0 bridgehead atoms. The van der Waals surface area contributed by atoms with Gasteiger partial charge in [-0.15, -0.1) is 0 Å². The van der Waals surface area contributed by atoms with Crippen LogP contribution in [0.2, 0.25) is 0 Å². The molecular formula is C14H19NO2. The number of aryl methyl sites for hydroxylation is 1. The second-order valence-corrected chi connectivity index (χ2v) is 4.74.